The highest BCUT2D eigenvalue weighted by molar-refractivity contribution is 7.90. The quantitative estimate of drug-likeness (QED) is 0.907. The van der Waals surface area contributed by atoms with Crippen molar-refractivity contribution in [1.82, 2.24) is 0 Å². The fraction of sp³-hybridized carbons (Fsp3) is 0.278. The number of sulfonamides is 1. The summed E-state index contributed by atoms with van der Waals surface area (Å²) < 4.78 is 28.4. The maximum absolute atomic E-state index is 12.3. The third kappa shape index (κ3) is 2.65. The molecule has 2 aromatic carbocycles. The summed E-state index contributed by atoms with van der Waals surface area (Å²) in [6.07, 6.45) is 0. The van der Waals surface area contributed by atoms with Crippen LogP contribution in [0.5, 0.6) is 0 Å². The van der Waals surface area contributed by atoms with E-state index in [-0.39, 0.29) is 10.8 Å². The van der Waals surface area contributed by atoms with Gasteiger partial charge in [-0.25, -0.2) is 0 Å². The molecule has 0 saturated heterocycles. The fourth-order valence-corrected chi connectivity index (χ4v) is 4.43. The van der Waals surface area contributed by atoms with Crippen LogP contribution in [0.3, 0.4) is 0 Å². The normalized spacial score (nSPS) is 17.0. The number of rotatable bonds is 2. The third-order valence-electron chi connectivity index (χ3n) is 4.35. The Morgan fingerprint density at radius 3 is 2.39 bits per heavy atom. The first-order valence-electron chi connectivity index (χ1n) is 7.59. The van der Waals surface area contributed by atoms with Gasteiger partial charge in [0.2, 0.25) is 0 Å². The molecule has 0 aromatic heterocycles. The molecule has 2 aromatic rings. The number of fused-ring (bicyclic) bond motifs is 1. The van der Waals surface area contributed by atoms with Crippen molar-refractivity contribution in [3.63, 3.8) is 0 Å². The molecule has 0 radical (unpaired) electrons. The predicted octanol–water partition coefficient (Wildman–Crippen LogP) is 3.99. The molecule has 0 bridgehead atoms. The highest BCUT2D eigenvalue weighted by atomic mass is 32.2. The molecule has 120 valence electrons. The van der Waals surface area contributed by atoms with Crippen LogP contribution in [0, 0.1) is 13.8 Å². The molecule has 1 aliphatic heterocycles. The van der Waals surface area contributed by atoms with E-state index in [2.05, 4.69) is 35.7 Å². The summed E-state index contributed by atoms with van der Waals surface area (Å²) in [7, 11) is -3.63. The molecule has 1 atom stereocenters. The Hall–Kier alpha value is -2.14. The van der Waals surface area contributed by atoms with Crippen LogP contribution >= 0.6 is 0 Å². The predicted molar refractivity (Wildman–Crippen MR) is 93.8 cm³/mol. The number of hydrogen-bond donors (Lipinski definition) is 1. The van der Waals surface area contributed by atoms with Gasteiger partial charge in [-0.1, -0.05) is 37.3 Å². The van der Waals surface area contributed by atoms with Gasteiger partial charge in [-0.05, 0) is 49.1 Å². The van der Waals surface area contributed by atoms with Gasteiger partial charge < -0.3 is 5.32 Å². The number of anilines is 1. The lowest BCUT2D eigenvalue weighted by molar-refractivity contribution is 0.597. The SMILES string of the molecule is CC1=NS(=O)(=O)c2ccc(C)c([C@@H](C)c3ccccc3C)c2N1. The van der Waals surface area contributed by atoms with E-state index in [0.29, 0.717) is 11.5 Å². The second-order valence-corrected chi connectivity index (χ2v) is 7.60. The molecule has 1 heterocycles. The van der Waals surface area contributed by atoms with E-state index in [4.69, 9.17) is 0 Å². The van der Waals surface area contributed by atoms with Crippen LogP contribution < -0.4 is 5.32 Å². The van der Waals surface area contributed by atoms with E-state index in [0.717, 1.165) is 11.1 Å². The Morgan fingerprint density at radius 1 is 1.00 bits per heavy atom. The van der Waals surface area contributed by atoms with E-state index in [1.807, 2.05) is 25.1 Å². The zero-order valence-corrected chi connectivity index (χ0v) is 14.5. The highest BCUT2D eigenvalue weighted by Crippen LogP contribution is 2.39. The van der Waals surface area contributed by atoms with Gasteiger partial charge in [-0.15, -0.1) is 4.40 Å². The molecule has 3 rings (SSSR count). The Morgan fingerprint density at radius 2 is 1.70 bits per heavy atom. The second kappa shape index (κ2) is 5.49. The molecule has 0 aliphatic carbocycles. The average Bonchev–Trinajstić information content (AvgIpc) is 2.45. The van der Waals surface area contributed by atoms with Crippen LogP contribution in [0.1, 0.15) is 42.0 Å². The van der Waals surface area contributed by atoms with Crippen LogP contribution in [0.15, 0.2) is 45.7 Å². The van der Waals surface area contributed by atoms with E-state index >= 15 is 0 Å². The molecular formula is C18H20N2O2S. The number of benzene rings is 2. The molecule has 23 heavy (non-hydrogen) atoms. The number of nitrogens with one attached hydrogen (secondary N) is 1. The summed E-state index contributed by atoms with van der Waals surface area (Å²) in [6, 6.07) is 11.7. The minimum absolute atomic E-state index is 0.0831. The maximum atomic E-state index is 12.3. The maximum Gasteiger partial charge on any atom is 0.286 e. The van der Waals surface area contributed by atoms with Gasteiger partial charge in [0.1, 0.15) is 10.7 Å². The molecule has 0 amide bonds. The van der Waals surface area contributed by atoms with Gasteiger partial charge >= 0.3 is 0 Å². The average molecular weight is 328 g/mol. The summed E-state index contributed by atoms with van der Waals surface area (Å²) in [4.78, 5) is 0.254. The van der Waals surface area contributed by atoms with Gasteiger partial charge in [0.15, 0.2) is 0 Å². The van der Waals surface area contributed by atoms with E-state index in [1.165, 1.54) is 11.1 Å². The van der Waals surface area contributed by atoms with E-state index < -0.39 is 10.0 Å². The summed E-state index contributed by atoms with van der Waals surface area (Å²) in [5, 5.41) is 3.17. The van der Waals surface area contributed by atoms with Crippen molar-refractivity contribution in [2.45, 2.75) is 38.5 Å². The number of hydrogen-bond acceptors (Lipinski definition) is 3. The molecule has 5 heteroatoms. The van der Waals surface area contributed by atoms with Gasteiger partial charge in [-0.3, -0.25) is 0 Å². The molecule has 0 spiro atoms. The van der Waals surface area contributed by atoms with Gasteiger partial charge in [-0.2, -0.15) is 8.42 Å². The first-order chi connectivity index (χ1) is 10.8. The molecule has 0 saturated carbocycles. The van der Waals surface area contributed by atoms with Crippen molar-refractivity contribution in [2.24, 2.45) is 4.40 Å². The van der Waals surface area contributed by atoms with Crippen molar-refractivity contribution < 1.29 is 8.42 Å². The first-order valence-corrected chi connectivity index (χ1v) is 9.03. The van der Waals surface area contributed by atoms with Crippen molar-refractivity contribution in [3.8, 4) is 0 Å². The minimum Gasteiger partial charge on any atom is -0.342 e. The lowest BCUT2D eigenvalue weighted by Crippen LogP contribution is -2.21. The molecule has 1 aliphatic rings. The topological polar surface area (TPSA) is 58.5 Å². The Labute approximate surface area is 137 Å². The third-order valence-corrected chi connectivity index (χ3v) is 5.76. The number of amidine groups is 1. The molecular weight excluding hydrogens is 308 g/mol. The van der Waals surface area contributed by atoms with Crippen molar-refractivity contribution in [1.29, 1.82) is 0 Å². The van der Waals surface area contributed by atoms with Crippen LogP contribution in [-0.4, -0.2) is 14.3 Å². The Kier molecular flexibility index (Phi) is 3.76. The number of aryl methyl sites for hydroxylation is 2. The first kappa shape index (κ1) is 15.7. The lowest BCUT2D eigenvalue weighted by atomic mass is 9.86. The largest absolute Gasteiger partial charge is 0.342 e. The van der Waals surface area contributed by atoms with Crippen molar-refractivity contribution in [2.75, 3.05) is 5.32 Å². The number of nitrogens with zero attached hydrogens (tertiary/aromatic N) is 1. The summed E-state index contributed by atoms with van der Waals surface area (Å²) in [5.74, 6) is 0.487. The standard InChI is InChI=1S/C18H20N2O2S/c1-11-7-5-6-8-15(11)13(3)17-12(2)9-10-16-18(17)19-14(4)20-23(16,21)22/h5-10,13H,1-4H3,(H,19,20)/t13-/m0/s1. The summed E-state index contributed by atoms with van der Waals surface area (Å²) >= 11 is 0. The Balaban J connectivity index is 2.25. The fourth-order valence-electron chi connectivity index (χ4n) is 3.27. The molecule has 1 N–H and O–H groups in total. The van der Waals surface area contributed by atoms with Crippen LogP contribution in [0.25, 0.3) is 0 Å². The summed E-state index contributed by atoms with van der Waals surface area (Å²) in [5.41, 5.74) is 5.13. The lowest BCUT2D eigenvalue weighted by Gasteiger charge is -2.25. The highest BCUT2D eigenvalue weighted by Gasteiger charge is 2.28. The monoisotopic (exact) mass is 328 g/mol. The molecule has 4 nitrogen and oxygen atoms in total. The minimum atomic E-state index is -3.63. The molecule has 0 fully saturated rings. The van der Waals surface area contributed by atoms with Crippen LogP contribution in [0.2, 0.25) is 0 Å². The zero-order chi connectivity index (χ0) is 16.8. The van der Waals surface area contributed by atoms with Crippen LogP contribution in [0.4, 0.5) is 5.69 Å². The summed E-state index contributed by atoms with van der Waals surface area (Å²) in [6.45, 7) is 7.87. The van der Waals surface area contributed by atoms with Gasteiger partial charge in [0, 0.05) is 5.92 Å². The van der Waals surface area contributed by atoms with Crippen LogP contribution in [-0.2, 0) is 10.0 Å². The van der Waals surface area contributed by atoms with E-state index in [9.17, 15) is 8.42 Å². The second-order valence-electron chi connectivity index (χ2n) is 6.02. The van der Waals surface area contributed by atoms with Gasteiger partial charge in [0.05, 0.1) is 5.69 Å². The Bertz CT molecular complexity index is 915. The molecule has 0 unspecified atom stereocenters. The van der Waals surface area contributed by atoms with Crippen molar-refractivity contribution >= 4 is 21.5 Å². The zero-order valence-electron chi connectivity index (χ0n) is 13.7. The van der Waals surface area contributed by atoms with Crippen molar-refractivity contribution in [3.05, 3.63) is 58.7 Å². The van der Waals surface area contributed by atoms with E-state index in [1.54, 1.807) is 13.0 Å². The van der Waals surface area contributed by atoms with Gasteiger partial charge in [0.25, 0.3) is 10.0 Å². The smallest absolute Gasteiger partial charge is 0.286 e.